The first kappa shape index (κ1) is 18.8. The first-order valence-corrected chi connectivity index (χ1v) is 9.08. The third-order valence-electron chi connectivity index (χ3n) is 3.84. The number of carbonyl (C=O) groups is 2. The highest BCUT2D eigenvalue weighted by Gasteiger charge is 2.34. The Morgan fingerprint density at radius 1 is 1.29 bits per heavy atom. The number of hydrogen-bond acceptors (Lipinski definition) is 3. The minimum atomic E-state index is -0.565. The minimum absolute atomic E-state index is 0.128. The van der Waals surface area contributed by atoms with E-state index in [0.717, 1.165) is 22.9 Å². The number of benzene rings is 1. The van der Waals surface area contributed by atoms with Gasteiger partial charge in [-0.25, -0.2) is 4.79 Å². The van der Waals surface area contributed by atoms with Crippen LogP contribution in [0.5, 0.6) is 0 Å². The molecule has 24 heavy (non-hydrogen) atoms. The molecule has 0 aliphatic carbocycles. The van der Waals surface area contributed by atoms with Crippen molar-refractivity contribution in [3.8, 4) is 0 Å². The summed E-state index contributed by atoms with van der Waals surface area (Å²) in [5, 5.41) is 2.94. The van der Waals surface area contributed by atoms with Crippen LogP contribution in [-0.4, -0.2) is 35.1 Å². The summed E-state index contributed by atoms with van der Waals surface area (Å²) in [5.41, 5.74) is 0.440. The highest BCUT2D eigenvalue weighted by Crippen LogP contribution is 2.21. The van der Waals surface area contributed by atoms with Crippen molar-refractivity contribution in [1.82, 2.24) is 10.2 Å². The molecule has 1 unspecified atom stereocenters. The molecule has 132 valence electrons. The van der Waals surface area contributed by atoms with Crippen molar-refractivity contribution in [3.05, 3.63) is 34.3 Å². The van der Waals surface area contributed by atoms with Crippen LogP contribution in [0.15, 0.2) is 28.7 Å². The van der Waals surface area contributed by atoms with Crippen LogP contribution in [0, 0.1) is 0 Å². The van der Waals surface area contributed by atoms with Gasteiger partial charge in [-0.15, -0.1) is 0 Å². The maximum atomic E-state index is 12.6. The van der Waals surface area contributed by atoms with Gasteiger partial charge in [-0.2, -0.15) is 0 Å². The van der Waals surface area contributed by atoms with E-state index in [1.807, 2.05) is 45.0 Å². The van der Waals surface area contributed by atoms with Gasteiger partial charge < -0.3 is 10.1 Å². The fraction of sp³-hybridized carbons (Fsp3) is 0.556. The SMILES string of the molecule is CC(C)(C)OC(=O)N1CCCCC1C(=O)NCc1ccccc1Br. The lowest BCUT2D eigenvalue weighted by atomic mass is 10.0. The van der Waals surface area contributed by atoms with E-state index in [1.165, 1.54) is 0 Å². The summed E-state index contributed by atoms with van der Waals surface area (Å²) in [4.78, 5) is 26.5. The van der Waals surface area contributed by atoms with Crippen molar-refractivity contribution in [2.24, 2.45) is 0 Å². The zero-order chi connectivity index (χ0) is 17.7. The van der Waals surface area contributed by atoms with Crippen LogP contribution in [0.25, 0.3) is 0 Å². The predicted octanol–water partition coefficient (Wildman–Crippen LogP) is 3.85. The molecule has 2 amide bonds. The third kappa shape index (κ3) is 5.23. The van der Waals surface area contributed by atoms with Crippen molar-refractivity contribution in [2.75, 3.05) is 6.54 Å². The molecule has 1 heterocycles. The van der Waals surface area contributed by atoms with Gasteiger partial charge in [-0.1, -0.05) is 34.1 Å². The Kier molecular flexibility index (Phi) is 6.27. The van der Waals surface area contributed by atoms with E-state index < -0.39 is 17.7 Å². The Balaban J connectivity index is 2.00. The number of amides is 2. The number of rotatable bonds is 3. The molecule has 2 rings (SSSR count). The number of carbonyl (C=O) groups excluding carboxylic acids is 2. The molecule has 0 aromatic heterocycles. The molecular formula is C18H25BrN2O3. The van der Waals surface area contributed by atoms with Crippen molar-refractivity contribution in [1.29, 1.82) is 0 Å². The van der Waals surface area contributed by atoms with Gasteiger partial charge in [0.25, 0.3) is 0 Å². The number of likely N-dealkylation sites (tertiary alicyclic amines) is 1. The van der Waals surface area contributed by atoms with Crippen molar-refractivity contribution in [3.63, 3.8) is 0 Å². The molecule has 1 aliphatic rings. The average molecular weight is 397 g/mol. The predicted molar refractivity (Wildman–Crippen MR) is 96.6 cm³/mol. The van der Waals surface area contributed by atoms with Crippen LogP contribution in [0.3, 0.4) is 0 Å². The Labute approximate surface area is 151 Å². The fourth-order valence-electron chi connectivity index (χ4n) is 2.69. The smallest absolute Gasteiger partial charge is 0.410 e. The number of nitrogens with zero attached hydrogens (tertiary/aromatic N) is 1. The van der Waals surface area contributed by atoms with E-state index in [9.17, 15) is 9.59 Å². The molecule has 1 N–H and O–H groups in total. The standard InChI is InChI=1S/C18H25BrN2O3/c1-18(2,3)24-17(23)21-11-7-6-10-15(21)16(22)20-12-13-8-4-5-9-14(13)19/h4-5,8-9,15H,6-7,10-12H2,1-3H3,(H,20,22). The van der Waals surface area contributed by atoms with Crippen LogP contribution < -0.4 is 5.32 Å². The third-order valence-corrected chi connectivity index (χ3v) is 4.62. The maximum Gasteiger partial charge on any atom is 0.410 e. The summed E-state index contributed by atoms with van der Waals surface area (Å²) in [5.74, 6) is -0.128. The lowest BCUT2D eigenvalue weighted by molar-refractivity contribution is -0.127. The van der Waals surface area contributed by atoms with Crippen LogP contribution >= 0.6 is 15.9 Å². The number of ether oxygens (including phenoxy) is 1. The van der Waals surface area contributed by atoms with Gasteiger partial charge in [0.2, 0.25) is 5.91 Å². The average Bonchev–Trinajstić information content (AvgIpc) is 2.52. The lowest BCUT2D eigenvalue weighted by Gasteiger charge is -2.35. The Bertz CT molecular complexity index is 598. The molecular weight excluding hydrogens is 372 g/mol. The number of hydrogen-bond donors (Lipinski definition) is 1. The highest BCUT2D eigenvalue weighted by atomic mass is 79.9. The largest absolute Gasteiger partial charge is 0.444 e. The molecule has 0 spiro atoms. The Morgan fingerprint density at radius 2 is 2.00 bits per heavy atom. The van der Waals surface area contributed by atoms with Crippen LogP contribution in [0.2, 0.25) is 0 Å². The molecule has 0 radical (unpaired) electrons. The monoisotopic (exact) mass is 396 g/mol. The van der Waals surface area contributed by atoms with Gasteiger partial charge in [-0.3, -0.25) is 9.69 Å². The first-order chi connectivity index (χ1) is 11.3. The molecule has 0 bridgehead atoms. The first-order valence-electron chi connectivity index (χ1n) is 8.28. The van der Waals surface area contributed by atoms with Gasteiger partial charge >= 0.3 is 6.09 Å². The normalized spacial score (nSPS) is 18.2. The number of piperidine rings is 1. The molecule has 0 saturated carbocycles. The second kappa shape index (κ2) is 8.01. The van der Waals surface area contributed by atoms with E-state index in [1.54, 1.807) is 4.90 Å². The van der Waals surface area contributed by atoms with Crippen LogP contribution in [0.1, 0.15) is 45.6 Å². The second-order valence-electron chi connectivity index (χ2n) is 6.99. The summed E-state index contributed by atoms with van der Waals surface area (Å²) in [6.45, 7) is 6.48. The summed E-state index contributed by atoms with van der Waals surface area (Å²) in [7, 11) is 0. The van der Waals surface area contributed by atoms with E-state index in [2.05, 4.69) is 21.2 Å². The van der Waals surface area contributed by atoms with Crippen LogP contribution in [-0.2, 0) is 16.1 Å². The van der Waals surface area contributed by atoms with Gasteiger partial charge in [-0.05, 0) is 51.7 Å². The highest BCUT2D eigenvalue weighted by molar-refractivity contribution is 9.10. The topological polar surface area (TPSA) is 58.6 Å². The van der Waals surface area contributed by atoms with Gasteiger partial charge in [0.15, 0.2) is 0 Å². The van der Waals surface area contributed by atoms with Gasteiger partial charge in [0, 0.05) is 17.6 Å². The van der Waals surface area contributed by atoms with E-state index in [-0.39, 0.29) is 5.91 Å². The zero-order valence-electron chi connectivity index (χ0n) is 14.5. The summed E-state index contributed by atoms with van der Waals surface area (Å²) in [6.07, 6.45) is 2.09. The van der Waals surface area contributed by atoms with E-state index in [0.29, 0.717) is 19.5 Å². The Morgan fingerprint density at radius 3 is 2.67 bits per heavy atom. The molecule has 1 aromatic rings. The van der Waals surface area contributed by atoms with Crippen molar-refractivity contribution < 1.29 is 14.3 Å². The summed E-state index contributed by atoms with van der Waals surface area (Å²) >= 11 is 3.47. The molecule has 1 aromatic carbocycles. The summed E-state index contributed by atoms with van der Waals surface area (Å²) < 4.78 is 6.40. The van der Waals surface area contributed by atoms with Gasteiger partial charge in [0.1, 0.15) is 11.6 Å². The summed E-state index contributed by atoms with van der Waals surface area (Å²) in [6, 6.07) is 7.29. The molecule has 5 nitrogen and oxygen atoms in total. The van der Waals surface area contributed by atoms with Crippen molar-refractivity contribution >= 4 is 27.9 Å². The second-order valence-corrected chi connectivity index (χ2v) is 7.85. The molecule has 1 atom stereocenters. The van der Waals surface area contributed by atoms with E-state index in [4.69, 9.17) is 4.74 Å². The van der Waals surface area contributed by atoms with Crippen LogP contribution in [0.4, 0.5) is 4.79 Å². The van der Waals surface area contributed by atoms with Gasteiger partial charge in [0.05, 0.1) is 0 Å². The van der Waals surface area contributed by atoms with E-state index >= 15 is 0 Å². The molecule has 1 saturated heterocycles. The minimum Gasteiger partial charge on any atom is -0.444 e. The molecule has 1 fully saturated rings. The zero-order valence-corrected chi connectivity index (χ0v) is 16.1. The lowest BCUT2D eigenvalue weighted by Crippen LogP contribution is -2.53. The quantitative estimate of drug-likeness (QED) is 0.843. The Hall–Kier alpha value is -1.56. The number of nitrogens with one attached hydrogen (secondary N) is 1. The van der Waals surface area contributed by atoms with Crippen molar-refractivity contribution in [2.45, 2.75) is 58.2 Å². The molecule has 1 aliphatic heterocycles. The molecule has 6 heteroatoms. The number of halogens is 1. The fourth-order valence-corrected chi connectivity index (χ4v) is 3.11. The maximum absolute atomic E-state index is 12.6.